The number of benzene rings is 1. The predicted octanol–water partition coefficient (Wildman–Crippen LogP) is 1.79. The van der Waals surface area contributed by atoms with Gasteiger partial charge in [-0.05, 0) is 31.5 Å². The highest BCUT2D eigenvalue weighted by Gasteiger charge is 2.25. The third-order valence-electron chi connectivity index (χ3n) is 4.35. The van der Waals surface area contributed by atoms with Crippen LogP contribution >= 0.6 is 0 Å². The lowest BCUT2D eigenvalue weighted by Gasteiger charge is -2.34. The van der Waals surface area contributed by atoms with Gasteiger partial charge in [-0.25, -0.2) is 4.98 Å². The highest BCUT2D eigenvalue weighted by atomic mass is 16.5. The van der Waals surface area contributed by atoms with Crippen LogP contribution in [-0.4, -0.2) is 63.9 Å². The third-order valence-corrected chi connectivity index (χ3v) is 4.35. The van der Waals surface area contributed by atoms with Gasteiger partial charge in [0, 0.05) is 38.6 Å². The summed E-state index contributed by atoms with van der Waals surface area (Å²) in [5.74, 6) is 0.729. The Hall–Kier alpha value is -2.96. The lowest BCUT2D eigenvalue weighted by Crippen LogP contribution is -2.51. The maximum Gasteiger partial charge on any atom is 0.274 e. The maximum atomic E-state index is 12.5. The number of nitrogens with zero attached hydrogens (tertiary/aromatic N) is 4. The van der Waals surface area contributed by atoms with Crippen LogP contribution in [0.25, 0.3) is 0 Å². The molecule has 0 atom stereocenters. The number of hydrogen-bond acceptors (Lipinski definition) is 5. The Morgan fingerprint density at radius 3 is 2.30 bits per heavy atom. The normalized spacial score (nSPS) is 14.3. The second kappa shape index (κ2) is 8.62. The zero-order chi connectivity index (χ0) is 19.2. The summed E-state index contributed by atoms with van der Waals surface area (Å²) in [6.45, 7) is 6.02. The van der Waals surface area contributed by atoms with Gasteiger partial charge >= 0.3 is 0 Å². The zero-order valence-electron chi connectivity index (χ0n) is 15.7. The molecule has 0 bridgehead atoms. The highest BCUT2D eigenvalue weighted by molar-refractivity contribution is 5.92. The standard InChI is InChI=1S/C20H24N4O3/c1-15(2)27-17-5-3-16(4-6-17)13-19(25)23-9-11-24(12-10-23)20(26)18-14-21-7-8-22-18/h3-8,14-15H,9-13H2,1-2H3. The minimum atomic E-state index is -0.143. The first kappa shape index (κ1) is 18.8. The van der Waals surface area contributed by atoms with Gasteiger partial charge in [-0.2, -0.15) is 0 Å². The summed E-state index contributed by atoms with van der Waals surface area (Å²) in [5, 5.41) is 0. The minimum absolute atomic E-state index is 0.0686. The molecule has 1 saturated heterocycles. The summed E-state index contributed by atoms with van der Waals surface area (Å²) in [5.41, 5.74) is 1.29. The number of rotatable bonds is 5. The molecule has 2 aromatic rings. The van der Waals surface area contributed by atoms with Gasteiger partial charge in [0.1, 0.15) is 11.4 Å². The molecule has 0 unspecified atom stereocenters. The number of carbonyl (C=O) groups excluding carboxylic acids is 2. The molecule has 0 saturated carbocycles. The Morgan fingerprint density at radius 1 is 1.04 bits per heavy atom. The number of carbonyl (C=O) groups is 2. The van der Waals surface area contributed by atoms with Crippen molar-refractivity contribution in [2.45, 2.75) is 26.4 Å². The van der Waals surface area contributed by atoms with Crippen LogP contribution in [0, 0.1) is 0 Å². The van der Waals surface area contributed by atoms with Gasteiger partial charge in [0.05, 0.1) is 18.7 Å². The van der Waals surface area contributed by atoms with E-state index in [0.717, 1.165) is 11.3 Å². The summed E-state index contributed by atoms with van der Waals surface area (Å²) in [7, 11) is 0. The molecule has 0 aliphatic carbocycles. The predicted molar refractivity (Wildman–Crippen MR) is 100 cm³/mol. The number of ether oxygens (including phenoxy) is 1. The Kier molecular flexibility index (Phi) is 6.01. The lowest BCUT2D eigenvalue weighted by atomic mass is 10.1. The minimum Gasteiger partial charge on any atom is -0.491 e. The molecule has 1 aromatic carbocycles. The van der Waals surface area contributed by atoms with Crippen molar-refractivity contribution >= 4 is 11.8 Å². The SMILES string of the molecule is CC(C)Oc1ccc(CC(=O)N2CCN(C(=O)c3cnccn3)CC2)cc1. The monoisotopic (exact) mass is 368 g/mol. The van der Waals surface area contributed by atoms with Crippen molar-refractivity contribution in [3.8, 4) is 5.75 Å². The van der Waals surface area contributed by atoms with Crippen molar-refractivity contribution in [1.29, 1.82) is 0 Å². The van der Waals surface area contributed by atoms with Gasteiger partial charge < -0.3 is 14.5 Å². The quantitative estimate of drug-likeness (QED) is 0.804. The molecule has 27 heavy (non-hydrogen) atoms. The summed E-state index contributed by atoms with van der Waals surface area (Å²) in [6, 6.07) is 7.62. The summed E-state index contributed by atoms with van der Waals surface area (Å²) >= 11 is 0. The second-order valence-corrected chi connectivity index (χ2v) is 6.75. The molecule has 1 aliphatic heterocycles. The molecule has 7 nitrogen and oxygen atoms in total. The van der Waals surface area contributed by atoms with Gasteiger partial charge in [0.15, 0.2) is 0 Å². The number of aromatic nitrogens is 2. The molecular formula is C20H24N4O3. The van der Waals surface area contributed by atoms with Crippen LogP contribution in [0.5, 0.6) is 5.75 Å². The number of hydrogen-bond donors (Lipinski definition) is 0. The molecule has 2 heterocycles. The van der Waals surface area contributed by atoms with Crippen molar-refractivity contribution in [2.24, 2.45) is 0 Å². The zero-order valence-corrected chi connectivity index (χ0v) is 15.7. The van der Waals surface area contributed by atoms with Crippen LogP contribution < -0.4 is 4.74 Å². The average molecular weight is 368 g/mol. The average Bonchev–Trinajstić information content (AvgIpc) is 2.69. The number of piperazine rings is 1. The van der Waals surface area contributed by atoms with Crippen LogP contribution in [-0.2, 0) is 11.2 Å². The van der Waals surface area contributed by atoms with E-state index in [9.17, 15) is 9.59 Å². The molecule has 0 spiro atoms. The van der Waals surface area contributed by atoms with Gasteiger partial charge in [-0.15, -0.1) is 0 Å². The van der Waals surface area contributed by atoms with E-state index in [1.807, 2.05) is 38.1 Å². The molecule has 142 valence electrons. The molecular weight excluding hydrogens is 344 g/mol. The second-order valence-electron chi connectivity index (χ2n) is 6.75. The topological polar surface area (TPSA) is 75.6 Å². The number of amides is 2. The molecule has 1 fully saturated rings. The van der Waals surface area contributed by atoms with E-state index in [1.54, 1.807) is 9.80 Å². The van der Waals surface area contributed by atoms with E-state index >= 15 is 0 Å². The van der Waals surface area contributed by atoms with Gasteiger partial charge in [-0.3, -0.25) is 14.6 Å². The van der Waals surface area contributed by atoms with Gasteiger partial charge in [0.25, 0.3) is 5.91 Å². The smallest absolute Gasteiger partial charge is 0.274 e. The van der Waals surface area contributed by atoms with Gasteiger partial charge in [0.2, 0.25) is 5.91 Å². The fraction of sp³-hybridized carbons (Fsp3) is 0.400. The fourth-order valence-corrected chi connectivity index (χ4v) is 2.97. The van der Waals surface area contributed by atoms with Crippen LogP contribution in [0.4, 0.5) is 0 Å². The van der Waals surface area contributed by atoms with Crippen molar-refractivity contribution < 1.29 is 14.3 Å². The van der Waals surface area contributed by atoms with Gasteiger partial charge in [-0.1, -0.05) is 12.1 Å². The first-order valence-corrected chi connectivity index (χ1v) is 9.11. The van der Waals surface area contributed by atoms with Crippen molar-refractivity contribution in [1.82, 2.24) is 19.8 Å². The molecule has 2 amide bonds. The first-order chi connectivity index (χ1) is 13.0. The Labute approximate surface area is 159 Å². The Balaban J connectivity index is 1.50. The van der Waals surface area contributed by atoms with Crippen molar-refractivity contribution in [2.75, 3.05) is 26.2 Å². The first-order valence-electron chi connectivity index (χ1n) is 9.11. The molecule has 7 heteroatoms. The Morgan fingerprint density at radius 2 is 1.70 bits per heavy atom. The largest absolute Gasteiger partial charge is 0.491 e. The molecule has 0 N–H and O–H groups in total. The van der Waals surface area contributed by atoms with Crippen LogP contribution in [0.1, 0.15) is 29.9 Å². The molecule has 3 rings (SSSR count). The van der Waals surface area contributed by atoms with Crippen LogP contribution in [0.15, 0.2) is 42.9 Å². The van der Waals surface area contributed by atoms with E-state index in [0.29, 0.717) is 38.3 Å². The highest BCUT2D eigenvalue weighted by Crippen LogP contribution is 2.15. The van der Waals surface area contributed by atoms with E-state index in [1.165, 1.54) is 18.6 Å². The van der Waals surface area contributed by atoms with Crippen molar-refractivity contribution in [3.63, 3.8) is 0 Å². The molecule has 1 aromatic heterocycles. The molecule has 0 radical (unpaired) electrons. The molecule has 1 aliphatic rings. The summed E-state index contributed by atoms with van der Waals surface area (Å²) in [4.78, 5) is 36.4. The van der Waals surface area contributed by atoms with Crippen LogP contribution in [0.3, 0.4) is 0 Å². The summed E-state index contributed by atoms with van der Waals surface area (Å²) in [6.07, 6.45) is 4.98. The Bertz CT molecular complexity index is 770. The third kappa shape index (κ3) is 5.03. The lowest BCUT2D eigenvalue weighted by molar-refractivity contribution is -0.131. The van der Waals surface area contributed by atoms with Crippen LogP contribution in [0.2, 0.25) is 0 Å². The fourth-order valence-electron chi connectivity index (χ4n) is 2.97. The van der Waals surface area contributed by atoms with Crippen molar-refractivity contribution in [3.05, 3.63) is 54.1 Å². The van der Waals surface area contributed by atoms with E-state index < -0.39 is 0 Å². The van der Waals surface area contributed by atoms with E-state index in [-0.39, 0.29) is 17.9 Å². The van der Waals surface area contributed by atoms with E-state index in [4.69, 9.17) is 4.74 Å². The summed E-state index contributed by atoms with van der Waals surface area (Å²) < 4.78 is 5.62. The van der Waals surface area contributed by atoms with E-state index in [2.05, 4.69) is 9.97 Å². The maximum absolute atomic E-state index is 12.5.